The Morgan fingerprint density at radius 3 is 0.710 bits per heavy atom. The van der Waals surface area contributed by atoms with Crippen LogP contribution in [0.3, 0.4) is 0 Å². The first kappa shape index (κ1) is 28.0. The number of hydrogen-bond donors (Lipinski definition) is 0. The van der Waals surface area contributed by atoms with E-state index >= 15 is 0 Å². The van der Waals surface area contributed by atoms with Crippen molar-refractivity contribution in [3.05, 3.63) is 89.5 Å². The van der Waals surface area contributed by atoms with E-state index in [0.29, 0.717) is 0 Å². The average Bonchev–Trinajstić information content (AvgIpc) is 2.67. The van der Waals surface area contributed by atoms with Crippen molar-refractivity contribution in [1.29, 1.82) is 0 Å². The molecule has 0 aliphatic carbocycles. The van der Waals surface area contributed by atoms with Crippen molar-refractivity contribution in [2.24, 2.45) is 0 Å². The monoisotopic (exact) mass is 1010 g/mol. The first-order valence-corrected chi connectivity index (χ1v) is 17.1. The van der Waals surface area contributed by atoms with Crippen LogP contribution in [0.5, 0.6) is 0 Å². The molecule has 10 heteroatoms. The van der Waals surface area contributed by atoms with Crippen LogP contribution in [-0.2, 0) is 6.43 Å². The molecule has 0 nitrogen and oxygen atoms in total. The molecule has 31 heavy (non-hydrogen) atoms. The molecule has 0 spiro atoms. The van der Waals surface area contributed by atoms with E-state index in [9.17, 15) is 0 Å². The Kier molecular flexibility index (Phi) is 10.1. The van der Waals surface area contributed by atoms with Crippen LogP contribution in [0.1, 0.15) is 16.7 Å². The van der Waals surface area contributed by atoms with Gasteiger partial charge in [-0.05, 0) is 40.5 Å². The van der Waals surface area contributed by atoms with Crippen molar-refractivity contribution in [2.45, 2.75) is 6.43 Å². The molecule has 0 unspecified atom stereocenters. The summed E-state index contributed by atoms with van der Waals surface area (Å²) in [4.78, 5) is 0. The van der Waals surface area contributed by atoms with Crippen molar-refractivity contribution < 1.29 is 0 Å². The summed E-state index contributed by atoms with van der Waals surface area (Å²) in [5.41, 5.74) is 3.30. The summed E-state index contributed by atoms with van der Waals surface area (Å²) in [5.74, 6) is 0. The van der Waals surface area contributed by atoms with Gasteiger partial charge in [-0.2, -0.15) is 0 Å². The summed E-state index contributed by atoms with van der Waals surface area (Å²) >= 11 is 32.4. The van der Waals surface area contributed by atoms with Crippen LogP contribution < -0.4 is 15.9 Å². The van der Waals surface area contributed by atoms with Gasteiger partial charge in [-0.1, -0.05) is 216 Å². The molecule has 3 rings (SSSR count). The quantitative estimate of drug-likeness (QED) is 0.181. The predicted octanol–water partition coefficient (Wildman–Crippen LogP) is 10.3. The maximum Gasteiger partial charge on any atom is 0.159 e. The van der Waals surface area contributed by atoms with Gasteiger partial charge in [0, 0.05) is 0 Å². The second-order valence-electron chi connectivity index (χ2n) is 6.47. The van der Waals surface area contributed by atoms with E-state index in [4.69, 9.17) is 0 Å². The van der Waals surface area contributed by atoms with Crippen LogP contribution in [0.4, 0.5) is 0 Å². The van der Waals surface area contributed by atoms with Crippen LogP contribution in [-0.4, -0.2) is 0 Å². The highest BCUT2D eigenvalue weighted by Gasteiger charge is 2.25. The lowest BCUT2D eigenvalue weighted by molar-refractivity contribution is 1.37. The van der Waals surface area contributed by atoms with E-state index in [2.05, 4.69) is 216 Å². The van der Waals surface area contributed by atoms with Gasteiger partial charge >= 0.3 is 0 Å². The third-order valence-corrected chi connectivity index (χ3v) is 10.9. The molecule has 0 amide bonds. The molecule has 3 aromatic carbocycles. The molecule has 0 radical (unpaired) electrons. The summed E-state index contributed by atoms with van der Waals surface area (Å²) in [5, 5.41) is 3.84. The standard InChI is InChI=1S/C21H12Br9P/c22-19(23,24)13-1-7-16(8-2-13)31(17-9-3-14(4-10-17)20(25,26)27)18-11-5-15(6-12-18)21(28,29)30/h1-12H. The highest BCUT2D eigenvalue weighted by atomic mass is 80.0. The van der Waals surface area contributed by atoms with E-state index in [1.54, 1.807) is 0 Å². The fourth-order valence-electron chi connectivity index (χ4n) is 2.85. The fraction of sp³-hybridized carbons (Fsp3) is 0.143. The molecule has 0 N–H and O–H groups in total. The van der Waals surface area contributed by atoms with E-state index in [-0.39, 0.29) is 0 Å². The number of rotatable bonds is 3. The third kappa shape index (κ3) is 7.69. The summed E-state index contributed by atoms with van der Waals surface area (Å²) in [6.45, 7) is 0. The Bertz CT molecular complexity index is 877. The fourth-order valence-corrected chi connectivity index (χ4v) is 7.46. The van der Waals surface area contributed by atoms with Gasteiger partial charge in [0.15, 0.2) is 6.43 Å². The molecule has 0 fully saturated rings. The van der Waals surface area contributed by atoms with Crippen molar-refractivity contribution in [3.63, 3.8) is 0 Å². The van der Waals surface area contributed by atoms with Gasteiger partial charge in [-0.15, -0.1) is 0 Å². The van der Waals surface area contributed by atoms with Crippen molar-refractivity contribution >= 4 is 167 Å². The van der Waals surface area contributed by atoms with Crippen LogP contribution in [0, 0.1) is 0 Å². The molecule has 3 aromatic rings. The second-order valence-corrected chi connectivity index (χ2v) is 29.0. The van der Waals surface area contributed by atoms with Crippen LogP contribution in [0.25, 0.3) is 0 Å². The molecule has 0 saturated carbocycles. The van der Waals surface area contributed by atoms with E-state index in [1.807, 2.05) is 0 Å². The van der Waals surface area contributed by atoms with Gasteiger partial charge in [0.2, 0.25) is 0 Å². The minimum Gasteiger partial charge on any atom is -0.0552 e. The molecule has 0 aromatic heterocycles. The van der Waals surface area contributed by atoms with Gasteiger partial charge in [-0.3, -0.25) is 0 Å². The third-order valence-electron chi connectivity index (χ3n) is 4.36. The minimum absolute atomic E-state index is 0.423. The van der Waals surface area contributed by atoms with E-state index < -0.39 is 14.3 Å². The SMILES string of the molecule is BrC(Br)(Br)c1ccc(P(c2ccc(C(Br)(Br)Br)cc2)c2ccc(C(Br)(Br)Br)cc2)cc1. The molecule has 164 valence electrons. The summed E-state index contributed by atoms with van der Waals surface area (Å²) in [6.07, 6.45) is 0. The molecular weight excluding hydrogens is 1000 g/mol. The molecular formula is C21H12Br9P. The van der Waals surface area contributed by atoms with Gasteiger partial charge in [0.05, 0.1) is 0 Å². The van der Waals surface area contributed by atoms with Gasteiger partial charge in [-0.25, -0.2) is 0 Å². The van der Waals surface area contributed by atoms with Gasteiger partial charge < -0.3 is 0 Å². The average molecular weight is 1010 g/mol. The largest absolute Gasteiger partial charge is 0.159 e. The Morgan fingerprint density at radius 1 is 0.355 bits per heavy atom. The Balaban J connectivity index is 2.08. The smallest absolute Gasteiger partial charge is 0.0552 e. The maximum atomic E-state index is 3.60. The van der Waals surface area contributed by atoms with Crippen molar-refractivity contribution in [1.82, 2.24) is 0 Å². The van der Waals surface area contributed by atoms with E-state index in [0.717, 1.165) is 16.7 Å². The zero-order valence-corrected chi connectivity index (χ0v) is 30.4. The van der Waals surface area contributed by atoms with Gasteiger partial charge in [0.25, 0.3) is 0 Å². The molecule has 0 heterocycles. The highest BCUT2D eigenvalue weighted by Crippen LogP contribution is 2.47. The molecule has 0 aliphatic rings. The van der Waals surface area contributed by atoms with Crippen LogP contribution in [0.15, 0.2) is 72.8 Å². The summed E-state index contributed by atoms with van der Waals surface area (Å²) < 4.78 is -1.27. The second kappa shape index (κ2) is 11.2. The zero-order chi connectivity index (χ0) is 23.0. The lowest BCUT2D eigenvalue weighted by atomic mass is 10.2. The predicted molar refractivity (Wildman–Crippen MR) is 171 cm³/mol. The first-order valence-electron chi connectivity index (χ1n) is 8.59. The number of alkyl halides is 9. The summed E-state index contributed by atoms with van der Waals surface area (Å²) in [7, 11) is -0.728. The van der Waals surface area contributed by atoms with Crippen molar-refractivity contribution in [2.75, 3.05) is 0 Å². The Labute approximate surface area is 259 Å². The molecule has 0 atom stereocenters. The Hall–Kier alpha value is 2.41. The lowest BCUT2D eigenvalue weighted by Crippen LogP contribution is -2.21. The molecule has 0 bridgehead atoms. The first-order chi connectivity index (χ1) is 14.3. The van der Waals surface area contributed by atoms with Crippen molar-refractivity contribution in [3.8, 4) is 0 Å². The lowest BCUT2D eigenvalue weighted by Gasteiger charge is -2.23. The molecule has 0 saturated heterocycles. The highest BCUT2D eigenvalue weighted by molar-refractivity contribution is 9.39. The van der Waals surface area contributed by atoms with Crippen LogP contribution >= 0.6 is 151 Å². The number of hydrogen-bond acceptors (Lipinski definition) is 0. The number of halogens is 9. The molecule has 0 aliphatic heterocycles. The normalized spacial score (nSPS) is 13.0. The Morgan fingerprint density at radius 2 is 0.548 bits per heavy atom. The minimum atomic E-state index is -0.728. The van der Waals surface area contributed by atoms with E-state index in [1.165, 1.54) is 15.9 Å². The maximum absolute atomic E-state index is 3.60. The zero-order valence-electron chi connectivity index (χ0n) is 15.3. The topological polar surface area (TPSA) is 0 Å². The van der Waals surface area contributed by atoms with Crippen LogP contribution in [0.2, 0.25) is 0 Å². The summed E-state index contributed by atoms with van der Waals surface area (Å²) in [6, 6.07) is 26.0. The van der Waals surface area contributed by atoms with Gasteiger partial charge in [0.1, 0.15) is 0 Å². The number of benzene rings is 3.